The van der Waals surface area contributed by atoms with E-state index < -0.39 is 0 Å². The quantitative estimate of drug-likeness (QED) is 0.853. The lowest BCUT2D eigenvalue weighted by atomic mass is 9.90. The van der Waals surface area contributed by atoms with Crippen molar-refractivity contribution in [2.45, 2.75) is 25.0 Å². The Morgan fingerprint density at radius 1 is 1.26 bits per heavy atom. The summed E-state index contributed by atoms with van der Waals surface area (Å²) >= 11 is 0. The average molecular weight is 256 g/mol. The minimum atomic E-state index is -0.338. The van der Waals surface area contributed by atoms with E-state index in [1.807, 2.05) is 12.4 Å². The molecule has 2 aromatic rings. The van der Waals surface area contributed by atoms with Crippen molar-refractivity contribution in [2.24, 2.45) is 0 Å². The normalized spacial score (nSPS) is 22.0. The molecular weight excluding hydrogens is 240 g/mol. The molecule has 2 aromatic heterocycles. The topological polar surface area (TPSA) is 47.1 Å². The van der Waals surface area contributed by atoms with E-state index in [4.69, 9.17) is 9.47 Å². The number of aromatic amines is 1. The average Bonchev–Trinajstić information content (AvgIpc) is 3.08. The lowest BCUT2D eigenvalue weighted by Crippen LogP contribution is -2.31. The highest BCUT2D eigenvalue weighted by atomic mass is 16.7. The third-order valence-corrected chi connectivity index (χ3v) is 4.02. The van der Waals surface area contributed by atoms with Crippen LogP contribution in [0.25, 0.3) is 16.6 Å². The van der Waals surface area contributed by atoms with Crippen LogP contribution in [0.5, 0.6) is 0 Å². The maximum absolute atomic E-state index is 5.74. The monoisotopic (exact) mass is 256 g/mol. The maximum atomic E-state index is 5.74. The molecule has 19 heavy (non-hydrogen) atoms. The number of nitrogens with one attached hydrogen (secondary N) is 1. The zero-order valence-corrected chi connectivity index (χ0v) is 10.7. The number of H-pyrrole nitrogens is 1. The number of hydrogen-bond acceptors (Lipinski definition) is 3. The summed E-state index contributed by atoms with van der Waals surface area (Å²) in [5.74, 6) is -0.338. The molecule has 1 aliphatic heterocycles. The van der Waals surface area contributed by atoms with Gasteiger partial charge >= 0.3 is 0 Å². The van der Waals surface area contributed by atoms with E-state index >= 15 is 0 Å². The van der Waals surface area contributed by atoms with Gasteiger partial charge in [-0.2, -0.15) is 0 Å². The van der Waals surface area contributed by atoms with Crippen LogP contribution in [0, 0.1) is 0 Å². The Balaban J connectivity index is 1.64. The molecule has 1 fully saturated rings. The zero-order chi connectivity index (χ0) is 12.7. The molecule has 0 radical (unpaired) electrons. The minimum absolute atomic E-state index is 0.338. The fraction of sp³-hybridized carbons (Fsp3) is 0.400. The molecule has 1 N–H and O–H groups in total. The SMILES string of the molecule is C1=C(c2cnc3[nH]ccc3c2)CCC2(C1)OCCO2. The predicted octanol–water partition coefficient (Wildman–Crippen LogP) is 2.87. The van der Waals surface area contributed by atoms with Crippen molar-refractivity contribution < 1.29 is 9.47 Å². The van der Waals surface area contributed by atoms with Gasteiger partial charge in [0.05, 0.1) is 13.2 Å². The summed E-state index contributed by atoms with van der Waals surface area (Å²) in [6.07, 6.45) is 8.87. The van der Waals surface area contributed by atoms with Gasteiger partial charge in [-0.15, -0.1) is 0 Å². The second-order valence-electron chi connectivity index (χ2n) is 5.18. The molecule has 1 spiro atoms. The molecule has 0 bridgehead atoms. The van der Waals surface area contributed by atoms with Crippen LogP contribution in [-0.2, 0) is 9.47 Å². The summed E-state index contributed by atoms with van der Waals surface area (Å²) in [7, 11) is 0. The van der Waals surface area contributed by atoms with Crippen molar-refractivity contribution in [3.63, 3.8) is 0 Å². The van der Waals surface area contributed by atoms with Gasteiger partial charge in [0, 0.05) is 30.6 Å². The summed E-state index contributed by atoms with van der Waals surface area (Å²) in [6, 6.07) is 4.25. The molecule has 0 atom stereocenters. The molecule has 0 unspecified atom stereocenters. The first-order valence-corrected chi connectivity index (χ1v) is 6.75. The Morgan fingerprint density at radius 3 is 2.95 bits per heavy atom. The van der Waals surface area contributed by atoms with Crippen molar-refractivity contribution in [1.29, 1.82) is 0 Å². The number of allylic oxidation sites excluding steroid dienone is 1. The Labute approximate surface area is 111 Å². The zero-order valence-electron chi connectivity index (χ0n) is 10.7. The molecule has 98 valence electrons. The van der Waals surface area contributed by atoms with E-state index in [9.17, 15) is 0 Å². The van der Waals surface area contributed by atoms with Gasteiger partial charge in [-0.1, -0.05) is 6.08 Å². The van der Waals surface area contributed by atoms with E-state index in [1.165, 1.54) is 11.1 Å². The van der Waals surface area contributed by atoms with E-state index in [-0.39, 0.29) is 5.79 Å². The van der Waals surface area contributed by atoms with Gasteiger partial charge in [-0.3, -0.25) is 0 Å². The van der Waals surface area contributed by atoms with Crippen LogP contribution in [-0.4, -0.2) is 29.0 Å². The van der Waals surface area contributed by atoms with Crippen molar-refractivity contribution >= 4 is 16.6 Å². The van der Waals surface area contributed by atoms with Crippen molar-refractivity contribution in [1.82, 2.24) is 9.97 Å². The second kappa shape index (κ2) is 4.18. The Bertz CT molecular complexity index is 638. The van der Waals surface area contributed by atoms with E-state index in [1.54, 1.807) is 0 Å². The summed E-state index contributed by atoms with van der Waals surface area (Å²) in [5, 5.41) is 1.16. The number of fused-ring (bicyclic) bond motifs is 1. The molecule has 4 rings (SSSR count). The third-order valence-electron chi connectivity index (χ3n) is 4.02. The first kappa shape index (κ1) is 11.2. The molecule has 4 nitrogen and oxygen atoms in total. The first-order chi connectivity index (χ1) is 9.35. The number of rotatable bonds is 1. The minimum Gasteiger partial charge on any atom is -0.347 e. The molecule has 3 heterocycles. The number of ether oxygens (including phenoxy) is 2. The van der Waals surface area contributed by atoms with Crippen molar-refractivity contribution in [3.05, 3.63) is 36.2 Å². The number of pyridine rings is 1. The summed E-state index contributed by atoms with van der Waals surface area (Å²) in [6.45, 7) is 1.44. The highest BCUT2D eigenvalue weighted by Gasteiger charge is 2.37. The molecule has 0 saturated carbocycles. The molecule has 0 aromatic carbocycles. The van der Waals surface area contributed by atoms with E-state index in [2.05, 4.69) is 28.2 Å². The second-order valence-corrected chi connectivity index (χ2v) is 5.18. The largest absolute Gasteiger partial charge is 0.347 e. The summed E-state index contributed by atoms with van der Waals surface area (Å²) in [5.41, 5.74) is 3.50. The fourth-order valence-electron chi connectivity index (χ4n) is 2.94. The van der Waals surface area contributed by atoms with Crippen LogP contribution < -0.4 is 0 Å². The van der Waals surface area contributed by atoms with Crippen LogP contribution in [0.4, 0.5) is 0 Å². The van der Waals surface area contributed by atoms with E-state index in [0.29, 0.717) is 0 Å². The van der Waals surface area contributed by atoms with Crippen LogP contribution in [0.2, 0.25) is 0 Å². The molecule has 1 saturated heterocycles. The molecule has 2 aliphatic rings. The van der Waals surface area contributed by atoms with Crippen LogP contribution in [0.15, 0.2) is 30.6 Å². The summed E-state index contributed by atoms with van der Waals surface area (Å²) < 4.78 is 11.5. The van der Waals surface area contributed by atoms with Gasteiger partial charge in [-0.05, 0) is 29.7 Å². The third kappa shape index (κ3) is 1.88. The maximum Gasteiger partial charge on any atom is 0.172 e. The smallest absolute Gasteiger partial charge is 0.172 e. The van der Waals surface area contributed by atoms with Gasteiger partial charge in [0.15, 0.2) is 5.79 Å². The Morgan fingerprint density at radius 2 is 2.16 bits per heavy atom. The molecule has 0 amide bonds. The van der Waals surface area contributed by atoms with Gasteiger partial charge in [-0.25, -0.2) is 4.98 Å². The van der Waals surface area contributed by atoms with Gasteiger partial charge in [0.25, 0.3) is 0 Å². The van der Waals surface area contributed by atoms with Gasteiger partial charge < -0.3 is 14.5 Å². The fourth-order valence-corrected chi connectivity index (χ4v) is 2.94. The van der Waals surface area contributed by atoms with Gasteiger partial charge in [0.2, 0.25) is 0 Å². The first-order valence-electron chi connectivity index (χ1n) is 6.75. The van der Waals surface area contributed by atoms with Crippen LogP contribution >= 0.6 is 0 Å². The van der Waals surface area contributed by atoms with Crippen LogP contribution in [0.1, 0.15) is 24.8 Å². The predicted molar refractivity (Wildman–Crippen MR) is 72.6 cm³/mol. The van der Waals surface area contributed by atoms with Gasteiger partial charge in [0.1, 0.15) is 5.65 Å². The molecular formula is C15H16N2O2. The lowest BCUT2D eigenvalue weighted by Gasteiger charge is -2.30. The van der Waals surface area contributed by atoms with Crippen molar-refractivity contribution in [3.8, 4) is 0 Å². The highest BCUT2D eigenvalue weighted by molar-refractivity contribution is 5.80. The Kier molecular flexibility index (Phi) is 2.47. The molecule has 4 heteroatoms. The Hall–Kier alpha value is -1.65. The van der Waals surface area contributed by atoms with Crippen molar-refractivity contribution in [2.75, 3.05) is 13.2 Å². The standard InChI is InChI=1S/C15H16N2O2/c1-4-15(18-7-8-19-15)5-2-11(1)13-9-12-3-6-16-14(12)17-10-13/h1,3,6,9-10H,2,4-5,7-8H2,(H,16,17). The van der Waals surface area contributed by atoms with Crippen LogP contribution in [0.3, 0.4) is 0 Å². The molecule has 1 aliphatic carbocycles. The summed E-state index contributed by atoms with van der Waals surface area (Å²) in [4.78, 5) is 7.57. The lowest BCUT2D eigenvalue weighted by molar-refractivity contribution is -0.159. The highest BCUT2D eigenvalue weighted by Crippen LogP contribution is 2.38. The number of hydrogen-bond donors (Lipinski definition) is 1. The number of aromatic nitrogens is 2. The van der Waals surface area contributed by atoms with E-state index in [0.717, 1.165) is 43.5 Å². The number of nitrogens with zero attached hydrogens (tertiary/aromatic N) is 1.